The molecule has 19 heavy (non-hydrogen) atoms. The number of pyridine rings is 1. The Morgan fingerprint density at radius 2 is 2.11 bits per heavy atom. The van der Waals surface area contributed by atoms with Crippen LogP contribution in [0.2, 0.25) is 0 Å². The summed E-state index contributed by atoms with van der Waals surface area (Å²) >= 11 is 1.40. The van der Waals surface area contributed by atoms with Crippen molar-refractivity contribution in [2.24, 2.45) is 0 Å². The quantitative estimate of drug-likeness (QED) is 0.725. The van der Waals surface area contributed by atoms with Gasteiger partial charge in [-0.2, -0.15) is 0 Å². The normalized spacial score (nSPS) is 10.6. The lowest BCUT2D eigenvalue weighted by Crippen LogP contribution is -1.87. The number of halogens is 1. The summed E-state index contributed by atoms with van der Waals surface area (Å²) in [6, 6.07) is 9.09. The number of benzene rings is 1. The fourth-order valence-electron chi connectivity index (χ4n) is 1.78. The number of hydrogen-bond acceptors (Lipinski definition) is 4. The molecule has 2 heterocycles. The number of thiazole rings is 1. The molecule has 3 aromatic rings. The van der Waals surface area contributed by atoms with E-state index in [2.05, 4.69) is 9.97 Å². The van der Waals surface area contributed by atoms with Crippen LogP contribution in [0.4, 0.5) is 10.1 Å². The summed E-state index contributed by atoms with van der Waals surface area (Å²) in [5.41, 5.74) is 8.62. The number of nitrogens with two attached hydrogens (primary N) is 1. The Labute approximate surface area is 113 Å². The molecule has 0 radical (unpaired) electrons. The first-order valence-electron chi connectivity index (χ1n) is 5.65. The number of anilines is 1. The summed E-state index contributed by atoms with van der Waals surface area (Å²) in [4.78, 5) is 8.18. The highest BCUT2D eigenvalue weighted by Crippen LogP contribution is 2.30. The highest BCUT2D eigenvalue weighted by molar-refractivity contribution is 7.13. The summed E-state index contributed by atoms with van der Waals surface area (Å²) < 4.78 is 13.6. The van der Waals surface area contributed by atoms with Gasteiger partial charge in [-0.3, -0.25) is 4.98 Å². The standard InChI is InChI=1S/C14H10FN3S/c15-12-7-17-5-4-11(12)14-18-13(8-19-14)9-2-1-3-10(16)6-9/h1-8H,16H2. The van der Waals surface area contributed by atoms with Crippen molar-refractivity contribution in [3.63, 3.8) is 0 Å². The van der Waals surface area contributed by atoms with E-state index in [0.717, 1.165) is 11.3 Å². The summed E-state index contributed by atoms with van der Waals surface area (Å²) in [6.07, 6.45) is 2.75. The Kier molecular flexibility index (Phi) is 2.97. The second-order valence-corrected chi connectivity index (χ2v) is 4.88. The number of hydrogen-bond donors (Lipinski definition) is 1. The minimum absolute atomic E-state index is 0.365. The maximum atomic E-state index is 13.6. The van der Waals surface area contributed by atoms with Crippen molar-refractivity contribution < 1.29 is 4.39 Å². The van der Waals surface area contributed by atoms with Crippen LogP contribution < -0.4 is 5.73 Å². The van der Waals surface area contributed by atoms with Crippen LogP contribution in [0.3, 0.4) is 0 Å². The SMILES string of the molecule is Nc1cccc(-c2csc(-c3ccncc3F)n2)c1. The smallest absolute Gasteiger partial charge is 0.151 e. The third-order valence-corrected chi connectivity index (χ3v) is 3.57. The number of nitrogen functional groups attached to an aromatic ring is 1. The lowest BCUT2D eigenvalue weighted by Gasteiger charge is -1.99. The topological polar surface area (TPSA) is 51.8 Å². The molecule has 0 bridgehead atoms. The van der Waals surface area contributed by atoms with Crippen LogP contribution in [-0.4, -0.2) is 9.97 Å². The van der Waals surface area contributed by atoms with Gasteiger partial charge in [0.2, 0.25) is 0 Å². The minimum Gasteiger partial charge on any atom is -0.399 e. The molecule has 0 aliphatic carbocycles. The Hall–Kier alpha value is -2.27. The molecule has 0 amide bonds. The second kappa shape index (κ2) is 4.78. The van der Waals surface area contributed by atoms with Gasteiger partial charge in [0.1, 0.15) is 5.01 Å². The summed E-state index contributed by atoms with van der Waals surface area (Å²) in [5, 5.41) is 2.53. The lowest BCUT2D eigenvalue weighted by molar-refractivity contribution is 0.625. The summed E-state index contributed by atoms with van der Waals surface area (Å²) in [5.74, 6) is -0.365. The second-order valence-electron chi connectivity index (χ2n) is 4.02. The predicted octanol–water partition coefficient (Wildman–Crippen LogP) is 3.59. The monoisotopic (exact) mass is 271 g/mol. The Balaban J connectivity index is 2.03. The van der Waals surface area contributed by atoms with Crippen LogP contribution in [0.15, 0.2) is 48.1 Å². The predicted molar refractivity (Wildman–Crippen MR) is 75.2 cm³/mol. The minimum atomic E-state index is -0.365. The fraction of sp³-hybridized carbons (Fsp3) is 0. The van der Waals surface area contributed by atoms with Gasteiger partial charge in [-0.25, -0.2) is 9.37 Å². The Bertz CT molecular complexity index is 724. The van der Waals surface area contributed by atoms with Crippen LogP contribution in [0.5, 0.6) is 0 Å². The largest absolute Gasteiger partial charge is 0.399 e. The van der Waals surface area contributed by atoms with Gasteiger partial charge in [0, 0.05) is 28.4 Å². The van der Waals surface area contributed by atoms with Crippen molar-refractivity contribution in [2.75, 3.05) is 5.73 Å². The molecule has 0 saturated carbocycles. The zero-order valence-corrected chi connectivity index (χ0v) is 10.7. The van der Waals surface area contributed by atoms with E-state index in [4.69, 9.17) is 5.73 Å². The van der Waals surface area contributed by atoms with E-state index in [1.165, 1.54) is 17.5 Å². The van der Waals surface area contributed by atoms with Crippen molar-refractivity contribution in [1.29, 1.82) is 0 Å². The molecule has 3 nitrogen and oxygen atoms in total. The average molecular weight is 271 g/mol. The molecule has 0 saturated heterocycles. The molecule has 0 spiro atoms. The Morgan fingerprint density at radius 3 is 2.89 bits per heavy atom. The van der Waals surface area contributed by atoms with Crippen LogP contribution >= 0.6 is 11.3 Å². The molecule has 5 heteroatoms. The zero-order chi connectivity index (χ0) is 13.2. The van der Waals surface area contributed by atoms with Crippen molar-refractivity contribution in [1.82, 2.24) is 9.97 Å². The van der Waals surface area contributed by atoms with Gasteiger partial charge in [0.25, 0.3) is 0 Å². The van der Waals surface area contributed by atoms with Gasteiger partial charge in [0.15, 0.2) is 5.82 Å². The molecule has 0 atom stereocenters. The number of aromatic nitrogens is 2. The van der Waals surface area contributed by atoms with E-state index in [0.29, 0.717) is 16.3 Å². The number of rotatable bonds is 2. The fourth-order valence-corrected chi connectivity index (χ4v) is 2.63. The van der Waals surface area contributed by atoms with E-state index in [-0.39, 0.29) is 5.82 Å². The maximum Gasteiger partial charge on any atom is 0.151 e. The molecule has 0 aliphatic rings. The maximum absolute atomic E-state index is 13.6. The molecular weight excluding hydrogens is 261 g/mol. The van der Waals surface area contributed by atoms with Gasteiger partial charge < -0.3 is 5.73 Å². The zero-order valence-electron chi connectivity index (χ0n) is 9.88. The molecule has 3 rings (SSSR count). The highest BCUT2D eigenvalue weighted by atomic mass is 32.1. The van der Waals surface area contributed by atoms with Crippen molar-refractivity contribution >= 4 is 17.0 Å². The van der Waals surface area contributed by atoms with Gasteiger partial charge in [-0.05, 0) is 18.2 Å². The van der Waals surface area contributed by atoms with Gasteiger partial charge >= 0.3 is 0 Å². The van der Waals surface area contributed by atoms with Crippen molar-refractivity contribution in [3.8, 4) is 21.8 Å². The third kappa shape index (κ3) is 2.32. The molecule has 2 N–H and O–H groups in total. The molecular formula is C14H10FN3S. The first-order chi connectivity index (χ1) is 9.24. The van der Waals surface area contributed by atoms with Gasteiger partial charge in [-0.1, -0.05) is 12.1 Å². The molecule has 2 aromatic heterocycles. The van der Waals surface area contributed by atoms with E-state index in [1.54, 1.807) is 12.3 Å². The average Bonchev–Trinajstić information content (AvgIpc) is 2.89. The van der Waals surface area contributed by atoms with Crippen LogP contribution in [0, 0.1) is 5.82 Å². The first-order valence-corrected chi connectivity index (χ1v) is 6.53. The van der Waals surface area contributed by atoms with Gasteiger partial charge in [-0.15, -0.1) is 11.3 Å². The lowest BCUT2D eigenvalue weighted by atomic mass is 10.1. The molecule has 0 fully saturated rings. The van der Waals surface area contributed by atoms with E-state index in [9.17, 15) is 4.39 Å². The Morgan fingerprint density at radius 1 is 1.21 bits per heavy atom. The molecule has 0 aliphatic heterocycles. The third-order valence-electron chi connectivity index (χ3n) is 2.69. The molecule has 0 unspecified atom stereocenters. The van der Waals surface area contributed by atoms with Crippen LogP contribution in [0.25, 0.3) is 21.8 Å². The van der Waals surface area contributed by atoms with E-state index in [1.807, 2.05) is 29.6 Å². The van der Waals surface area contributed by atoms with Crippen LogP contribution in [-0.2, 0) is 0 Å². The first kappa shape index (κ1) is 11.8. The molecule has 94 valence electrons. The summed E-state index contributed by atoms with van der Waals surface area (Å²) in [7, 11) is 0. The highest BCUT2D eigenvalue weighted by Gasteiger charge is 2.10. The van der Waals surface area contributed by atoms with E-state index >= 15 is 0 Å². The van der Waals surface area contributed by atoms with Gasteiger partial charge in [0.05, 0.1) is 11.9 Å². The van der Waals surface area contributed by atoms with Crippen molar-refractivity contribution in [2.45, 2.75) is 0 Å². The van der Waals surface area contributed by atoms with Crippen LogP contribution in [0.1, 0.15) is 0 Å². The summed E-state index contributed by atoms with van der Waals surface area (Å²) in [6.45, 7) is 0. The van der Waals surface area contributed by atoms with Crippen molar-refractivity contribution in [3.05, 3.63) is 53.9 Å². The van der Waals surface area contributed by atoms with E-state index < -0.39 is 0 Å². The number of nitrogens with zero attached hydrogens (tertiary/aromatic N) is 2. The molecule has 1 aromatic carbocycles.